The van der Waals surface area contributed by atoms with Gasteiger partial charge in [-0.2, -0.15) is 0 Å². The molecule has 1 aromatic heterocycles. The van der Waals surface area contributed by atoms with E-state index in [0.29, 0.717) is 23.0 Å². The molecule has 142 valence electrons. The number of imidazole rings is 1. The molecule has 0 atom stereocenters. The van der Waals surface area contributed by atoms with E-state index in [1.54, 1.807) is 13.0 Å². The van der Waals surface area contributed by atoms with E-state index in [1.165, 1.54) is 19.3 Å². The Morgan fingerprint density at radius 2 is 2.00 bits per heavy atom. The summed E-state index contributed by atoms with van der Waals surface area (Å²) in [4.78, 5) is 15.8. The summed E-state index contributed by atoms with van der Waals surface area (Å²) < 4.78 is 17.0. The summed E-state index contributed by atoms with van der Waals surface area (Å²) in [7, 11) is 0. The molecule has 2 aromatic rings. The van der Waals surface area contributed by atoms with Crippen LogP contribution in [0, 0.1) is 12.7 Å². The van der Waals surface area contributed by atoms with Crippen LogP contribution in [0.2, 0.25) is 0 Å². The highest BCUT2D eigenvalue weighted by Crippen LogP contribution is 2.31. The van der Waals surface area contributed by atoms with Crippen molar-refractivity contribution >= 4 is 18.4 Å². The molecule has 0 aliphatic heterocycles. The van der Waals surface area contributed by atoms with Crippen LogP contribution in [0.25, 0.3) is 23.5 Å². The van der Waals surface area contributed by atoms with Gasteiger partial charge in [0.2, 0.25) is 0 Å². The van der Waals surface area contributed by atoms with Gasteiger partial charge in [-0.1, -0.05) is 37.5 Å². The lowest BCUT2D eigenvalue weighted by Gasteiger charge is -2.25. The van der Waals surface area contributed by atoms with Gasteiger partial charge in [0.1, 0.15) is 17.9 Å². The van der Waals surface area contributed by atoms with E-state index >= 15 is 0 Å². The lowest BCUT2D eigenvalue weighted by atomic mass is 9.95. The maximum Gasteiger partial charge on any atom is 0.145 e. The predicted octanol–water partition coefficient (Wildman–Crippen LogP) is 4.23. The minimum absolute atomic E-state index is 0.245. The summed E-state index contributed by atoms with van der Waals surface area (Å²) >= 11 is 0. The highest BCUT2D eigenvalue weighted by Gasteiger charge is 2.22. The van der Waals surface area contributed by atoms with Crippen molar-refractivity contribution in [3.63, 3.8) is 0 Å². The van der Waals surface area contributed by atoms with Gasteiger partial charge in [0.15, 0.2) is 0 Å². The zero-order valence-electron chi connectivity index (χ0n) is 16.3. The van der Waals surface area contributed by atoms with Gasteiger partial charge in [-0.25, -0.2) is 9.37 Å². The van der Waals surface area contributed by atoms with E-state index in [2.05, 4.69) is 4.57 Å². The third-order valence-electron chi connectivity index (χ3n) is 5.25. The Bertz CT molecular complexity index is 979. The molecule has 0 radical (unpaired) electrons. The number of aryl methyl sites for hydroxylation is 1. The second kappa shape index (κ2) is 8.47. The van der Waals surface area contributed by atoms with Crippen LogP contribution in [-0.2, 0) is 4.79 Å². The normalized spacial score (nSPS) is 17.6. The van der Waals surface area contributed by atoms with Crippen LogP contribution in [0.5, 0.6) is 0 Å². The topological polar surface area (TPSA) is 34.9 Å². The standard InChI is InChI=1S/C23H27FN2O/c1-4-21-22(13-11-17(3)15-27)26(18-8-6-5-7-9-18)23(25-21)19-12-10-16(2)14-20(19)24/h4,10-15,18H,5-9H2,1-3H3/b17-11+,21-4+,22-13+. The summed E-state index contributed by atoms with van der Waals surface area (Å²) in [5, 5.41) is 1.77. The van der Waals surface area contributed by atoms with Crippen molar-refractivity contribution in [3.05, 3.63) is 51.9 Å². The van der Waals surface area contributed by atoms with Crippen LogP contribution < -0.4 is 10.7 Å². The first-order chi connectivity index (χ1) is 13.0. The number of benzene rings is 1. The number of rotatable bonds is 4. The zero-order chi connectivity index (χ0) is 19.4. The molecule has 4 heteroatoms. The molecule has 1 aromatic carbocycles. The molecule has 1 heterocycles. The van der Waals surface area contributed by atoms with Crippen LogP contribution in [0.3, 0.4) is 0 Å². The lowest BCUT2D eigenvalue weighted by molar-refractivity contribution is -0.104. The minimum atomic E-state index is -0.245. The first kappa shape index (κ1) is 19.3. The van der Waals surface area contributed by atoms with Crippen LogP contribution in [0.1, 0.15) is 57.6 Å². The number of nitrogens with zero attached hydrogens (tertiary/aromatic N) is 2. The molecule has 3 nitrogen and oxygen atoms in total. The summed E-state index contributed by atoms with van der Waals surface area (Å²) in [6.45, 7) is 5.61. The molecule has 0 unspecified atom stereocenters. The fourth-order valence-electron chi connectivity index (χ4n) is 3.79. The van der Waals surface area contributed by atoms with Crippen molar-refractivity contribution < 1.29 is 9.18 Å². The van der Waals surface area contributed by atoms with E-state index in [0.717, 1.165) is 35.4 Å². The fraction of sp³-hybridized carbons (Fsp3) is 0.391. The lowest BCUT2D eigenvalue weighted by Crippen LogP contribution is -2.33. The molecule has 3 rings (SSSR count). The number of allylic oxidation sites excluding steroid dienone is 2. The Balaban J connectivity index is 2.30. The SMILES string of the molecule is C/C=c1/nc(-c2ccc(C)cc2F)n(C2CCCCC2)/c1=C/C=C(\C)C=O. The van der Waals surface area contributed by atoms with Gasteiger partial charge in [-0.05, 0) is 63.0 Å². The molecule has 1 saturated carbocycles. The van der Waals surface area contributed by atoms with E-state index in [9.17, 15) is 9.18 Å². The Morgan fingerprint density at radius 1 is 1.26 bits per heavy atom. The molecule has 0 saturated heterocycles. The average Bonchev–Trinajstić information content (AvgIpc) is 3.05. The number of aldehydes is 1. The fourth-order valence-corrected chi connectivity index (χ4v) is 3.79. The van der Waals surface area contributed by atoms with Gasteiger partial charge in [0.25, 0.3) is 0 Å². The Labute approximate surface area is 159 Å². The number of hydrogen-bond acceptors (Lipinski definition) is 2. The minimum Gasteiger partial charge on any atom is -0.321 e. The van der Waals surface area contributed by atoms with Gasteiger partial charge >= 0.3 is 0 Å². The van der Waals surface area contributed by atoms with Gasteiger partial charge in [0.05, 0.1) is 16.3 Å². The third-order valence-corrected chi connectivity index (χ3v) is 5.25. The number of aromatic nitrogens is 2. The van der Waals surface area contributed by atoms with Crippen molar-refractivity contribution in [2.24, 2.45) is 0 Å². The summed E-state index contributed by atoms with van der Waals surface area (Å²) in [6, 6.07) is 5.60. The molecule has 1 fully saturated rings. The predicted molar refractivity (Wildman–Crippen MR) is 108 cm³/mol. The van der Waals surface area contributed by atoms with Gasteiger partial charge in [-0.3, -0.25) is 4.79 Å². The van der Waals surface area contributed by atoms with Crippen molar-refractivity contribution in [1.82, 2.24) is 9.55 Å². The van der Waals surface area contributed by atoms with E-state index in [-0.39, 0.29) is 5.82 Å². The average molecular weight is 366 g/mol. The second-order valence-corrected chi connectivity index (χ2v) is 7.33. The smallest absolute Gasteiger partial charge is 0.145 e. The Morgan fingerprint density at radius 3 is 2.63 bits per heavy atom. The summed E-state index contributed by atoms with van der Waals surface area (Å²) in [6.07, 6.45) is 12.3. The first-order valence-corrected chi connectivity index (χ1v) is 9.70. The molecule has 0 N–H and O–H groups in total. The number of carbonyl (C=O) groups is 1. The van der Waals surface area contributed by atoms with Crippen molar-refractivity contribution in [1.29, 1.82) is 0 Å². The maximum absolute atomic E-state index is 14.8. The highest BCUT2D eigenvalue weighted by molar-refractivity contribution is 5.74. The molecular weight excluding hydrogens is 339 g/mol. The van der Waals surface area contributed by atoms with Crippen molar-refractivity contribution in [3.8, 4) is 11.4 Å². The zero-order valence-corrected chi connectivity index (χ0v) is 16.3. The highest BCUT2D eigenvalue weighted by atomic mass is 19.1. The van der Waals surface area contributed by atoms with E-state index in [4.69, 9.17) is 4.98 Å². The first-order valence-electron chi connectivity index (χ1n) is 9.70. The van der Waals surface area contributed by atoms with Crippen LogP contribution >= 0.6 is 0 Å². The largest absolute Gasteiger partial charge is 0.321 e. The quantitative estimate of drug-likeness (QED) is 0.600. The summed E-state index contributed by atoms with van der Waals surface area (Å²) in [5.74, 6) is 0.432. The number of halogens is 1. The number of hydrogen-bond donors (Lipinski definition) is 0. The Kier molecular flexibility index (Phi) is 6.04. The van der Waals surface area contributed by atoms with E-state index in [1.807, 2.05) is 44.2 Å². The third kappa shape index (κ3) is 4.10. The Hall–Kier alpha value is -2.49. The second-order valence-electron chi connectivity index (χ2n) is 7.33. The molecule has 1 aliphatic rings. The summed E-state index contributed by atoms with van der Waals surface area (Å²) in [5.41, 5.74) is 2.08. The van der Waals surface area contributed by atoms with Gasteiger partial charge < -0.3 is 4.57 Å². The molecule has 27 heavy (non-hydrogen) atoms. The number of carbonyl (C=O) groups excluding carboxylic acids is 1. The molecule has 1 aliphatic carbocycles. The molecular formula is C23H27FN2O. The maximum atomic E-state index is 14.8. The molecule has 0 spiro atoms. The molecule has 0 amide bonds. The van der Waals surface area contributed by atoms with Crippen LogP contribution in [-0.4, -0.2) is 15.8 Å². The van der Waals surface area contributed by atoms with Crippen LogP contribution in [0.4, 0.5) is 4.39 Å². The van der Waals surface area contributed by atoms with Crippen LogP contribution in [0.15, 0.2) is 29.8 Å². The van der Waals surface area contributed by atoms with Crippen molar-refractivity contribution in [2.75, 3.05) is 0 Å². The van der Waals surface area contributed by atoms with E-state index < -0.39 is 0 Å². The molecule has 0 bridgehead atoms. The monoisotopic (exact) mass is 366 g/mol. The van der Waals surface area contributed by atoms with Gasteiger partial charge in [-0.15, -0.1) is 0 Å². The van der Waals surface area contributed by atoms with Crippen molar-refractivity contribution in [2.45, 2.75) is 58.9 Å². The van der Waals surface area contributed by atoms with Gasteiger partial charge in [0, 0.05) is 6.04 Å².